The first-order valence-corrected chi connectivity index (χ1v) is 13.5. The molecule has 3 rings (SSSR count). The van der Waals surface area contributed by atoms with Gasteiger partial charge in [0.1, 0.15) is 12.7 Å². The molecular weight excluding hydrogens is 382 g/mol. The maximum Gasteiger partial charge on any atom is 0.412 e. The summed E-state index contributed by atoms with van der Waals surface area (Å²) in [6.45, 7) is 12.5. The third kappa shape index (κ3) is 4.76. The molecule has 1 fully saturated rings. The van der Waals surface area contributed by atoms with E-state index in [1.54, 1.807) is 4.90 Å². The minimum absolute atomic E-state index is 0.0762. The minimum Gasteiger partial charge on any atom is -0.444 e. The second kappa shape index (κ2) is 8.62. The molecule has 160 valence electrons. The summed E-state index contributed by atoms with van der Waals surface area (Å²) in [4.78, 5) is 14.8. The molecule has 29 heavy (non-hydrogen) atoms. The van der Waals surface area contributed by atoms with Crippen LogP contribution >= 0.6 is 0 Å². The third-order valence-electron chi connectivity index (χ3n) is 6.43. The number of carbonyl (C=O) groups excluding carboxylic acids is 1. The summed E-state index contributed by atoms with van der Waals surface area (Å²) in [7, 11) is -2.05. The van der Waals surface area contributed by atoms with Gasteiger partial charge in [0, 0.05) is 13.2 Å². The van der Waals surface area contributed by atoms with Gasteiger partial charge in [0.05, 0.1) is 0 Å². The van der Waals surface area contributed by atoms with Crippen LogP contribution in [0.3, 0.4) is 0 Å². The first-order chi connectivity index (χ1) is 13.7. The lowest BCUT2D eigenvalue weighted by atomic mass is 9.92. The van der Waals surface area contributed by atoms with Gasteiger partial charge in [-0.3, -0.25) is 4.90 Å². The molecular formula is C23H35NO4Si. The molecule has 0 bridgehead atoms. The molecule has 1 amide bonds. The number of ether oxygens (including phenoxy) is 2. The summed E-state index contributed by atoms with van der Waals surface area (Å²) in [5, 5.41) is 0.0762. The number of amides is 1. The van der Waals surface area contributed by atoms with Crippen molar-refractivity contribution in [2.24, 2.45) is 0 Å². The van der Waals surface area contributed by atoms with Crippen molar-refractivity contribution in [3.8, 4) is 0 Å². The van der Waals surface area contributed by atoms with Gasteiger partial charge in [0.25, 0.3) is 0 Å². The smallest absolute Gasteiger partial charge is 0.412 e. The zero-order chi connectivity index (χ0) is 21.1. The first-order valence-electron chi connectivity index (χ1n) is 10.6. The molecule has 1 saturated heterocycles. The predicted molar refractivity (Wildman–Crippen MR) is 117 cm³/mol. The van der Waals surface area contributed by atoms with Crippen LogP contribution in [0, 0.1) is 0 Å². The highest BCUT2D eigenvalue weighted by Gasteiger charge is 2.53. The normalized spacial score (nSPS) is 25.3. The van der Waals surface area contributed by atoms with E-state index in [2.05, 4.69) is 39.9 Å². The fourth-order valence-electron chi connectivity index (χ4n) is 3.64. The maximum atomic E-state index is 13.1. The van der Waals surface area contributed by atoms with Crippen molar-refractivity contribution in [2.75, 3.05) is 13.2 Å². The molecule has 2 heterocycles. The van der Waals surface area contributed by atoms with Crippen molar-refractivity contribution in [3.05, 3.63) is 48.0 Å². The fraction of sp³-hybridized carbons (Fsp3) is 0.609. The molecule has 2 aliphatic rings. The molecule has 0 radical (unpaired) electrons. The van der Waals surface area contributed by atoms with E-state index in [-0.39, 0.29) is 23.8 Å². The number of hydrogen-bond acceptors (Lipinski definition) is 4. The van der Waals surface area contributed by atoms with Gasteiger partial charge in [-0.1, -0.05) is 63.3 Å². The van der Waals surface area contributed by atoms with Crippen LogP contribution in [0.2, 0.25) is 18.1 Å². The Morgan fingerprint density at radius 3 is 2.59 bits per heavy atom. The van der Waals surface area contributed by atoms with E-state index in [0.29, 0.717) is 13.2 Å². The van der Waals surface area contributed by atoms with E-state index in [1.165, 1.54) is 0 Å². The van der Waals surface area contributed by atoms with Crippen LogP contribution < -0.4 is 0 Å². The van der Waals surface area contributed by atoms with Gasteiger partial charge < -0.3 is 13.9 Å². The molecule has 5 nitrogen and oxygen atoms in total. The molecule has 2 atom stereocenters. The molecule has 2 aliphatic heterocycles. The van der Waals surface area contributed by atoms with Gasteiger partial charge >= 0.3 is 6.09 Å². The number of rotatable bonds is 4. The molecule has 0 aromatic heterocycles. The zero-order valence-electron chi connectivity index (χ0n) is 18.4. The highest BCUT2D eigenvalue weighted by Crippen LogP contribution is 2.43. The summed E-state index contributed by atoms with van der Waals surface area (Å²) < 4.78 is 18.8. The molecule has 0 aliphatic carbocycles. The van der Waals surface area contributed by atoms with Crippen LogP contribution in [0.5, 0.6) is 0 Å². The number of carbonyl (C=O) groups is 1. The van der Waals surface area contributed by atoms with E-state index < -0.39 is 14.0 Å². The van der Waals surface area contributed by atoms with Gasteiger partial charge in [-0.15, -0.1) is 0 Å². The highest BCUT2D eigenvalue weighted by atomic mass is 28.4. The van der Waals surface area contributed by atoms with Gasteiger partial charge in [-0.25, -0.2) is 4.79 Å². The summed E-state index contributed by atoms with van der Waals surface area (Å²) >= 11 is 0. The Morgan fingerprint density at radius 1 is 1.24 bits per heavy atom. The monoisotopic (exact) mass is 417 g/mol. The second-order valence-corrected chi connectivity index (χ2v) is 14.3. The summed E-state index contributed by atoms with van der Waals surface area (Å²) in [5.74, 6) is 0. The highest BCUT2D eigenvalue weighted by molar-refractivity contribution is 6.74. The van der Waals surface area contributed by atoms with Gasteiger partial charge in [-0.05, 0) is 43.0 Å². The number of benzene rings is 1. The Hall–Kier alpha value is -1.63. The van der Waals surface area contributed by atoms with Crippen LogP contribution in [0.25, 0.3) is 0 Å². The Kier molecular flexibility index (Phi) is 6.56. The van der Waals surface area contributed by atoms with Crippen molar-refractivity contribution in [2.45, 2.75) is 76.6 Å². The Bertz CT molecular complexity index is 720. The summed E-state index contributed by atoms with van der Waals surface area (Å²) in [6, 6.07) is 9.76. The Morgan fingerprint density at radius 2 is 1.97 bits per heavy atom. The maximum absolute atomic E-state index is 13.1. The topological polar surface area (TPSA) is 48.0 Å². The van der Waals surface area contributed by atoms with Crippen LogP contribution in [0.1, 0.15) is 45.6 Å². The molecule has 1 spiro atoms. The van der Waals surface area contributed by atoms with Gasteiger partial charge in [0.2, 0.25) is 0 Å². The molecule has 0 saturated carbocycles. The molecule has 6 heteroatoms. The standard InChI is InChI=1S/C23H35NO4Si/c1-22(2,3)29(4,5)28-20-14-11-16-24(23(20)15-9-10-17-27-23)21(25)26-18-19-12-7-6-8-13-19/h6-8,11-14,20H,9-10,15-18H2,1-5H3/t20-,23?/m1/s1. The van der Waals surface area contributed by atoms with E-state index in [1.807, 2.05) is 36.4 Å². The second-order valence-electron chi connectivity index (χ2n) is 9.53. The van der Waals surface area contributed by atoms with Crippen molar-refractivity contribution < 1.29 is 18.7 Å². The van der Waals surface area contributed by atoms with Crippen LogP contribution in [0.4, 0.5) is 4.79 Å². The lowest BCUT2D eigenvalue weighted by Gasteiger charge is -2.52. The lowest BCUT2D eigenvalue weighted by Crippen LogP contribution is -2.65. The van der Waals surface area contributed by atoms with E-state index >= 15 is 0 Å². The predicted octanol–water partition coefficient (Wildman–Crippen LogP) is 5.48. The van der Waals surface area contributed by atoms with Crippen LogP contribution in [-0.4, -0.2) is 44.3 Å². The summed E-state index contributed by atoms with van der Waals surface area (Å²) in [6.07, 6.45) is 6.25. The molecule has 1 unspecified atom stereocenters. The zero-order valence-corrected chi connectivity index (χ0v) is 19.4. The molecule has 1 aromatic carbocycles. The van der Waals surface area contributed by atoms with Gasteiger partial charge in [-0.2, -0.15) is 0 Å². The molecule has 1 aromatic rings. The van der Waals surface area contributed by atoms with Crippen molar-refractivity contribution in [3.63, 3.8) is 0 Å². The number of nitrogens with zero attached hydrogens (tertiary/aromatic N) is 1. The Labute approximate surface area is 176 Å². The first kappa shape index (κ1) is 22.1. The third-order valence-corrected chi connectivity index (χ3v) is 10.9. The fourth-order valence-corrected chi connectivity index (χ4v) is 4.89. The minimum atomic E-state index is -2.05. The van der Waals surface area contributed by atoms with E-state index in [9.17, 15) is 4.79 Å². The van der Waals surface area contributed by atoms with Gasteiger partial charge in [0.15, 0.2) is 14.0 Å². The lowest BCUT2D eigenvalue weighted by molar-refractivity contribution is -0.208. The van der Waals surface area contributed by atoms with E-state index in [0.717, 1.165) is 24.8 Å². The quantitative estimate of drug-likeness (QED) is 0.481. The largest absolute Gasteiger partial charge is 0.444 e. The van der Waals surface area contributed by atoms with E-state index in [4.69, 9.17) is 13.9 Å². The van der Waals surface area contributed by atoms with Crippen molar-refractivity contribution in [1.29, 1.82) is 0 Å². The SMILES string of the molecule is CC(C)(C)[Si](C)(C)O[C@@H]1C=CCN(C(=O)OCc2ccccc2)C12CCCCO2. The Balaban J connectivity index is 1.81. The number of hydrogen-bond donors (Lipinski definition) is 0. The average molecular weight is 418 g/mol. The summed E-state index contributed by atoms with van der Waals surface area (Å²) in [5.41, 5.74) is 0.192. The molecule has 0 N–H and O–H groups in total. The van der Waals surface area contributed by atoms with Crippen molar-refractivity contribution in [1.82, 2.24) is 4.90 Å². The van der Waals surface area contributed by atoms with Crippen molar-refractivity contribution >= 4 is 14.4 Å². The average Bonchev–Trinajstić information content (AvgIpc) is 2.68. The van der Waals surface area contributed by atoms with Crippen LogP contribution in [0.15, 0.2) is 42.5 Å². The van der Waals surface area contributed by atoms with Crippen LogP contribution in [-0.2, 0) is 20.5 Å².